The molecule has 0 aromatic heterocycles. The molecule has 4 heteroatoms. The molecule has 1 fully saturated rings. The second kappa shape index (κ2) is 6.37. The van der Waals surface area contributed by atoms with Crippen molar-refractivity contribution >= 4 is 0 Å². The van der Waals surface area contributed by atoms with Crippen molar-refractivity contribution < 1.29 is 14.9 Å². The highest BCUT2D eigenvalue weighted by molar-refractivity contribution is 5.32. The fourth-order valence-electron chi connectivity index (χ4n) is 2.32. The predicted octanol–water partition coefficient (Wildman–Crippen LogP) is 1.16. The van der Waals surface area contributed by atoms with Crippen LogP contribution in [0.25, 0.3) is 0 Å². The van der Waals surface area contributed by atoms with Crippen molar-refractivity contribution in [1.29, 1.82) is 0 Å². The Bertz CT molecular complexity index is 396. The highest BCUT2D eigenvalue weighted by Gasteiger charge is 2.26. The fourth-order valence-corrected chi connectivity index (χ4v) is 2.32. The molecule has 19 heavy (non-hydrogen) atoms. The standard InChI is InChI=1S/C15H23NO3/c1-10-3-11(2)5-15(4-10)19-9-14(18)8-16-12-6-13(17)7-12/h3-5,12-14,16-18H,6-9H2,1-2H3. The summed E-state index contributed by atoms with van der Waals surface area (Å²) in [6.07, 6.45) is 0.870. The molecule has 1 aliphatic rings. The molecule has 0 radical (unpaired) electrons. The van der Waals surface area contributed by atoms with Gasteiger partial charge in [-0.15, -0.1) is 0 Å². The molecule has 1 aliphatic carbocycles. The largest absolute Gasteiger partial charge is 0.491 e. The molecule has 0 aliphatic heterocycles. The summed E-state index contributed by atoms with van der Waals surface area (Å²) in [5.74, 6) is 0.801. The summed E-state index contributed by atoms with van der Waals surface area (Å²) < 4.78 is 5.60. The lowest BCUT2D eigenvalue weighted by atomic mass is 9.89. The van der Waals surface area contributed by atoms with Crippen LogP contribution in [0.4, 0.5) is 0 Å². The van der Waals surface area contributed by atoms with E-state index in [9.17, 15) is 5.11 Å². The first-order valence-electron chi connectivity index (χ1n) is 6.83. The zero-order valence-corrected chi connectivity index (χ0v) is 11.6. The number of aliphatic hydroxyl groups excluding tert-OH is 2. The van der Waals surface area contributed by atoms with Crippen molar-refractivity contribution in [3.63, 3.8) is 0 Å². The lowest BCUT2D eigenvalue weighted by Crippen LogP contribution is -2.47. The monoisotopic (exact) mass is 265 g/mol. The van der Waals surface area contributed by atoms with Gasteiger partial charge in [-0.3, -0.25) is 0 Å². The average molecular weight is 265 g/mol. The molecule has 1 aromatic rings. The summed E-state index contributed by atoms with van der Waals surface area (Å²) in [6, 6.07) is 6.36. The number of aryl methyl sites for hydroxylation is 2. The van der Waals surface area contributed by atoms with Gasteiger partial charge in [-0.2, -0.15) is 0 Å². The Balaban J connectivity index is 1.69. The smallest absolute Gasteiger partial charge is 0.119 e. The molecule has 0 saturated heterocycles. The Kier molecular flexibility index (Phi) is 4.80. The van der Waals surface area contributed by atoms with Gasteiger partial charge in [0.05, 0.1) is 6.10 Å². The van der Waals surface area contributed by atoms with Gasteiger partial charge in [-0.25, -0.2) is 0 Å². The van der Waals surface area contributed by atoms with Crippen molar-refractivity contribution in [3.05, 3.63) is 29.3 Å². The van der Waals surface area contributed by atoms with E-state index in [1.807, 2.05) is 26.0 Å². The summed E-state index contributed by atoms with van der Waals surface area (Å²) in [7, 11) is 0. The van der Waals surface area contributed by atoms with E-state index in [0.717, 1.165) is 29.7 Å². The molecule has 0 bridgehead atoms. The van der Waals surface area contributed by atoms with E-state index < -0.39 is 6.10 Å². The molecule has 2 rings (SSSR count). The van der Waals surface area contributed by atoms with Crippen LogP contribution in [0.3, 0.4) is 0 Å². The van der Waals surface area contributed by atoms with E-state index in [1.54, 1.807) is 0 Å². The van der Waals surface area contributed by atoms with Gasteiger partial charge in [0.15, 0.2) is 0 Å². The molecule has 4 nitrogen and oxygen atoms in total. The molecule has 106 valence electrons. The Labute approximate surface area is 114 Å². The number of hydrogen-bond acceptors (Lipinski definition) is 4. The number of hydrogen-bond donors (Lipinski definition) is 3. The van der Waals surface area contributed by atoms with Gasteiger partial charge >= 0.3 is 0 Å². The van der Waals surface area contributed by atoms with Crippen LogP contribution in [0, 0.1) is 13.8 Å². The molecular formula is C15H23NO3. The molecule has 1 unspecified atom stereocenters. The minimum atomic E-state index is -0.529. The number of nitrogens with one attached hydrogen (secondary N) is 1. The molecule has 1 aromatic carbocycles. The van der Waals surface area contributed by atoms with Gasteiger partial charge in [0.1, 0.15) is 18.5 Å². The zero-order chi connectivity index (χ0) is 13.8. The van der Waals surface area contributed by atoms with Crippen molar-refractivity contribution in [2.24, 2.45) is 0 Å². The average Bonchev–Trinajstić information content (AvgIpc) is 2.29. The maximum atomic E-state index is 9.83. The molecule has 0 amide bonds. The summed E-state index contributed by atoms with van der Waals surface area (Å²) in [6.45, 7) is 4.84. The van der Waals surface area contributed by atoms with Crippen molar-refractivity contribution in [1.82, 2.24) is 5.32 Å². The Morgan fingerprint density at radius 1 is 1.26 bits per heavy atom. The first-order valence-corrected chi connectivity index (χ1v) is 6.83. The van der Waals surface area contributed by atoms with Crippen molar-refractivity contribution in [3.8, 4) is 5.75 Å². The highest BCUT2D eigenvalue weighted by atomic mass is 16.5. The van der Waals surface area contributed by atoms with Gasteiger partial charge in [-0.1, -0.05) is 6.07 Å². The maximum absolute atomic E-state index is 9.83. The molecule has 0 spiro atoms. The van der Waals surface area contributed by atoms with Gasteiger partial charge < -0.3 is 20.3 Å². The third-order valence-corrected chi connectivity index (χ3v) is 3.39. The zero-order valence-electron chi connectivity index (χ0n) is 11.6. The minimum absolute atomic E-state index is 0.166. The second-order valence-corrected chi connectivity index (χ2v) is 5.52. The molecular weight excluding hydrogens is 242 g/mol. The van der Waals surface area contributed by atoms with Crippen LogP contribution in [-0.2, 0) is 0 Å². The van der Waals surface area contributed by atoms with Crippen LogP contribution in [0.1, 0.15) is 24.0 Å². The Morgan fingerprint density at radius 2 is 1.89 bits per heavy atom. The quantitative estimate of drug-likeness (QED) is 0.722. The number of benzene rings is 1. The summed E-state index contributed by atoms with van der Waals surface area (Å²) in [5.41, 5.74) is 2.32. The minimum Gasteiger partial charge on any atom is -0.491 e. The number of ether oxygens (including phenoxy) is 1. The van der Waals surface area contributed by atoms with E-state index in [4.69, 9.17) is 9.84 Å². The number of aliphatic hydroxyl groups is 2. The van der Waals surface area contributed by atoms with E-state index in [-0.39, 0.29) is 12.7 Å². The predicted molar refractivity (Wildman–Crippen MR) is 74.4 cm³/mol. The lowest BCUT2D eigenvalue weighted by Gasteiger charge is -2.32. The van der Waals surface area contributed by atoms with Crippen LogP contribution >= 0.6 is 0 Å². The third-order valence-electron chi connectivity index (χ3n) is 3.39. The van der Waals surface area contributed by atoms with E-state index in [0.29, 0.717) is 12.6 Å². The van der Waals surface area contributed by atoms with Crippen molar-refractivity contribution in [2.45, 2.75) is 44.9 Å². The second-order valence-electron chi connectivity index (χ2n) is 5.52. The molecule has 1 saturated carbocycles. The lowest BCUT2D eigenvalue weighted by molar-refractivity contribution is 0.0487. The fraction of sp³-hybridized carbons (Fsp3) is 0.600. The molecule has 3 N–H and O–H groups in total. The van der Waals surface area contributed by atoms with Crippen LogP contribution < -0.4 is 10.1 Å². The van der Waals surface area contributed by atoms with E-state index in [2.05, 4.69) is 11.4 Å². The van der Waals surface area contributed by atoms with Gasteiger partial charge in [-0.05, 0) is 49.9 Å². The Morgan fingerprint density at radius 3 is 2.47 bits per heavy atom. The topological polar surface area (TPSA) is 61.7 Å². The van der Waals surface area contributed by atoms with Gasteiger partial charge in [0, 0.05) is 12.6 Å². The summed E-state index contributed by atoms with van der Waals surface area (Å²) in [5, 5.41) is 22.2. The number of rotatable bonds is 6. The highest BCUT2D eigenvalue weighted by Crippen LogP contribution is 2.19. The van der Waals surface area contributed by atoms with Crippen molar-refractivity contribution in [2.75, 3.05) is 13.2 Å². The van der Waals surface area contributed by atoms with Crippen LogP contribution in [0.5, 0.6) is 5.75 Å². The summed E-state index contributed by atoms with van der Waals surface area (Å²) >= 11 is 0. The first-order chi connectivity index (χ1) is 9.02. The van der Waals surface area contributed by atoms with Crippen LogP contribution in [0.15, 0.2) is 18.2 Å². The Hall–Kier alpha value is -1.10. The van der Waals surface area contributed by atoms with E-state index in [1.165, 1.54) is 0 Å². The van der Waals surface area contributed by atoms with Gasteiger partial charge in [0.2, 0.25) is 0 Å². The SMILES string of the molecule is Cc1cc(C)cc(OCC(O)CNC2CC(O)C2)c1. The van der Waals surface area contributed by atoms with E-state index >= 15 is 0 Å². The van der Waals surface area contributed by atoms with Crippen LogP contribution in [0.2, 0.25) is 0 Å². The molecule has 0 heterocycles. The summed E-state index contributed by atoms with van der Waals surface area (Å²) in [4.78, 5) is 0. The van der Waals surface area contributed by atoms with Gasteiger partial charge in [0.25, 0.3) is 0 Å². The molecule has 1 atom stereocenters. The first kappa shape index (κ1) is 14.3. The normalized spacial score (nSPS) is 23.8. The third kappa shape index (κ3) is 4.49. The maximum Gasteiger partial charge on any atom is 0.119 e. The van der Waals surface area contributed by atoms with Crippen LogP contribution in [-0.4, -0.2) is 41.6 Å².